The highest BCUT2D eigenvalue weighted by Gasteiger charge is 2.54. The topological polar surface area (TPSA) is 57.3 Å². The minimum Gasteiger partial charge on any atom is -0.490 e. The number of nitrogens with one attached hydrogen (secondary N) is 2. The van der Waals surface area contributed by atoms with Crippen molar-refractivity contribution in [2.45, 2.75) is 50.7 Å². The van der Waals surface area contributed by atoms with E-state index in [4.69, 9.17) is 4.74 Å². The van der Waals surface area contributed by atoms with E-state index in [9.17, 15) is 5.11 Å². The summed E-state index contributed by atoms with van der Waals surface area (Å²) in [4.78, 5) is 3.20. The van der Waals surface area contributed by atoms with Crippen LogP contribution in [0.25, 0.3) is 10.9 Å². The Morgan fingerprint density at radius 2 is 2.00 bits per heavy atom. The molecule has 0 radical (unpaired) electrons. The predicted octanol–water partition coefficient (Wildman–Crippen LogP) is 4.13. The summed E-state index contributed by atoms with van der Waals surface area (Å²) in [6.45, 7) is 3.39. The molecule has 0 amide bonds. The fourth-order valence-corrected chi connectivity index (χ4v) is 6.35. The largest absolute Gasteiger partial charge is 0.490 e. The van der Waals surface area contributed by atoms with Gasteiger partial charge in [-0.05, 0) is 74.0 Å². The second-order valence-corrected chi connectivity index (χ2v) is 9.09. The summed E-state index contributed by atoms with van der Waals surface area (Å²) in [6, 6.07) is 8.01. The molecule has 4 aliphatic rings. The summed E-state index contributed by atoms with van der Waals surface area (Å²) in [5, 5.41) is 15.4. The van der Waals surface area contributed by atoms with E-state index in [1.807, 2.05) is 30.5 Å². The number of ether oxygens (including phenoxy) is 1. The molecule has 2 aromatic rings. The third-order valence-electron chi connectivity index (χ3n) is 7.50. The highest BCUT2D eigenvalue weighted by atomic mass is 35.5. The van der Waals surface area contributed by atoms with Crippen LogP contribution in [0.3, 0.4) is 0 Å². The van der Waals surface area contributed by atoms with Gasteiger partial charge in [0.25, 0.3) is 0 Å². The minimum absolute atomic E-state index is 0. The summed E-state index contributed by atoms with van der Waals surface area (Å²) in [7, 11) is 0. The van der Waals surface area contributed by atoms with Gasteiger partial charge in [-0.25, -0.2) is 0 Å². The summed E-state index contributed by atoms with van der Waals surface area (Å²) < 4.78 is 5.93. The summed E-state index contributed by atoms with van der Waals surface area (Å²) in [6.07, 6.45) is 8.36. The molecule has 27 heavy (non-hydrogen) atoms. The zero-order chi connectivity index (χ0) is 17.7. The van der Waals surface area contributed by atoms with Crippen LogP contribution in [0.5, 0.6) is 5.75 Å². The number of aliphatic hydroxyl groups is 1. The van der Waals surface area contributed by atoms with Crippen LogP contribution < -0.4 is 10.1 Å². The van der Waals surface area contributed by atoms with E-state index in [2.05, 4.69) is 17.2 Å². The Morgan fingerprint density at radius 1 is 1.22 bits per heavy atom. The number of benzene rings is 1. The maximum Gasteiger partial charge on any atom is 0.128 e. The number of hydrogen-bond acceptors (Lipinski definition) is 3. The molecular formula is C22H31ClN2O2. The van der Waals surface area contributed by atoms with Crippen LogP contribution >= 0.6 is 12.4 Å². The van der Waals surface area contributed by atoms with Crippen molar-refractivity contribution in [2.75, 3.05) is 13.2 Å². The van der Waals surface area contributed by atoms with Crippen LogP contribution in [-0.2, 0) is 0 Å². The fraction of sp³-hybridized carbons (Fsp3) is 0.636. The second kappa shape index (κ2) is 7.31. The molecule has 6 rings (SSSR count). The number of β-amino-alcohol motifs (C(OH)–C–C–N with tert-alkyl or cyclic N) is 1. The van der Waals surface area contributed by atoms with Gasteiger partial charge in [-0.2, -0.15) is 0 Å². The van der Waals surface area contributed by atoms with E-state index in [1.165, 1.54) is 32.1 Å². The normalized spacial score (nSPS) is 35.2. The Hall–Kier alpha value is -1.23. The van der Waals surface area contributed by atoms with Crippen molar-refractivity contribution < 1.29 is 9.84 Å². The quantitative estimate of drug-likeness (QED) is 0.694. The molecule has 4 saturated carbocycles. The number of hydrogen-bond donors (Lipinski definition) is 3. The molecule has 3 N–H and O–H groups in total. The van der Waals surface area contributed by atoms with E-state index in [0.717, 1.165) is 40.3 Å². The molecule has 0 aliphatic heterocycles. The second-order valence-electron chi connectivity index (χ2n) is 9.09. The molecule has 1 heterocycles. The van der Waals surface area contributed by atoms with E-state index < -0.39 is 6.10 Å². The van der Waals surface area contributed by atoms with Gasteiger partial charge in [-0.15, -0.1) is 12.4 Å². The third kappa shape index (κ3) is 3.37. The van der Waals surface area contributed by atoms with Crippen molar-refractivity contribution in [3.63, 3.8) is 0 Å². The maximum absolute atomic E-state index is 10.5. The van der Waals surface area contributed by atoms with Crippen molar-refractivity contribution in [3.8, 4) is 5.75 Å². The molecule has 0 unspecified atom stereocenters. The first-order valence-electron chi connectivity index (χ1n) is 10.2. The lowest BCUT2D eigenvalue weighted by atomic mass is 9.49. The average molecular weight is 391 g/mol. The first-order valence-corrected chi connectivity index (χ1v) is 10.2. The minimum atomic E-state index is -0.482. The van der Waals surface area contributed by atoms with Crippen molar-refractivity contribution in [3.05, 3.63) is 30.5 Å². The molecule has 4 fully saturated rings. The van der Waals surface area contributed by atoms with Crippen LogP contribution in [0, 0.1) is 23.7 Å². The summed E-state index contributed by atoms with van der Waals surface area (Å²) >= 11 is 0. The Balaban J connectivity index is 0.00000180. The average Bonchev–Trinajstić information content (AvgIpc) is 3.11. The smallest absolute Gasteiger partial charge is 0.128 e. The van der Waals surface area contributed by atoms with Gasteiger partial charge in [-0.1, -0.05) is 13.0 Å². The number of H-pyrrole nitrogens is 1. The first-order chi connectivity index (χ1) is 12.6. The number of halogens is 1. The van der Waals surface area contributed by atoms with Crippen molar-refractivity contribution in [2.24, 2.45) is 23.7 Å². The van der Waals surface area contributed by atoms with Crippen molar-refractivity contribution in [1.29, 1.82) is 0 Å². The molecule has 4 bridgehead atoms. The van der Waals surface area contributed by atoms with Crippen molar-refractivity contribution in [1.82, 2.24) is 10.3 Å². The van der Waals surface area contributed by atoms with Gasteiger partial charge in [0.2, 0.25) is 0 Å². The number of fused-ring (bicyclic) bond motifs is 1. The highest BCUT2D eigenvalue weighted by molar-refractivity contribution is 5.86. The molecule has 5 heteroatoms. The lowest BCUT2D eigenvalue weighted by molar-refractivity contribution is -0.0712. The summed E-state index contributed by atoms with van der Waals surface area (Å²) in [5.41, 5.74) is 1.33. The molecular weight excluding hydrogens is 360 g/mol. The van der Waals surface area contributed by atoms with Gasteiger partial charge in [0, 0.05) is 29.2 Å². The summed E-state index contributed by atoms with van der Waals surface area (Å²) in [5.74, 6) is 4.29. The van der Waals surface area contributed by atoms with Crippen LogP contribution in [0.15, 0.2) is 30.5 Å². The Bertz CT molecular complexity index is 777. The SMILES string of the molecule is C[C@H]1C2C[C@@H]3C[C@@H](C2)CC1(NC[C@H](O)COc1cccc2[nH]ccc12)C3.Cl. The van der Waals surface area contributed by atoms with Gasteiger partial charge >= 0.3 is 0 Å². The van der Waals surface area contributed by atoms with Gasteiger partial charge in [0.1, 0.15) is 18.5 Å². The monoisotopic (exact) mass is 390 g/mol. The Morgan fingerprint density at radius 3 is 2.78 bits per heavy atom. The zero-order valence-corrected chi connectivity index (χ0v) is 16.8. The molecule has 0 spiro atoms. The molecule has 1 aromatic carbocycles. The van der Waals surface area contributed by atoms with Crippen LogP contribution in [0.4, 0.5) is 0 Å². The number of aromatic nitrogens is 1. The Kier molecular flexibility index (Phi) is 5.17. The van der Waals surface area contributed by atoms with Crippen LogP contribution in [-0.4, -0.2) is 34.9 Å². The van der Waals surface area contributed by atoms with Gasteiger partial charge in [0.15, 0.2) is 0 Å². The van der Waals surface area contributed by atoms with Gasteiger partial charge in [-0.3, -0.25) is 0 Å². The zero-order valence-electron chi connectivity index (χ0n) is 16.0. The fourth-order valence-electron chi connectivity index (χ4n) is 6.35. The van der Waals surface area contributed by atoms with E-state index >= 15 is 0 Å². The highest BCUT2D eigenvalue weighted by Crippen LogP contribution is 2.58. The lowest BCUT2D eigenvalue weighted by Gasteiger charge is -2.61. The van der Waals surface area contributed by atoms with Crippen LogP contribution in [0.1, 0.15) is 39.0 Å². The number of aliphatic hydroxyl groups excluding tert-OH is 1. The van der Waals surface area contributed by atoms with Gasteiger partial charge < -0.3 is 20.1 Å². The van der Waals surface area contributed by atoms with E-state index in [1.54, 1.807) is 0 Å². The van der Waals surface area contributed by atoms with Crippen molar-refractivity contribution >= 4 is 23.3 Å². The van der Waals surface area contributed by atoms with E-state index in [-0.39, 0.29) is 17.9 Å². The first kappa shape index (κ1) is 19.1. The maximum atomic E-state index is 10.5. The molecule has 4 aliphatic carbocycles. The lowest BCUT2D eigenvalue weighted by Crippen LogP contribution is -2.64. The van der Waals surface area contributed by atoms with Gasteiger partial charge in [0.05, 0.1) is 0 Å². The molecule has 4 atom stereocenters. The van der Waals surface area contributed by atoms with Crippen LogP contribution in [0.2, 0.25) is 0 Å². The van der Waals surface area contributed by atoms with E-state index in [0.29, 0.717) is 13.2 Å². The molecule has 148 valence electrons. The standard InChI is InChI=1S/C22H30N2O2.ClH/c1-14-17-8-15-7-16(9-17)11-22(14,10-15)24-12-18(25)13-26-21-4-2-3-20-19(21)5-6-23-20;/h2-6,14-18,23-25H,7-13H2,1H3;1H/t14-,15-,16-,17?,18-,22?;/m0./s1. The molecule has 4 nitrogen and oxygen atoms in total. The third-order valence-corrected chi connectivity index (χ3v) is 7.50. The molecule has 1 aromatic heterocycles. The number of aromatic amines is 1. The predicted molar refractivity (Wildman–Crippen MR) is 111 cm³/mol. The number of rotatable bonds is 6. The Labute approximate surface area is 167 Å². The molecule has 0 saturated heterocycles.